The Morgan fingerprint density at radius 2 is 1.94 bits per heavy atom. The van der Waals surface area contributed by atoms with E-state index in [-0.39, 0.29) is 0 Å². The molecule has 3 nitrogen and oxygen atoms in total. The highest BCUT2D eigenvalue weighted by Crippen LogP contribution is 2.19. The van der Waals surface area contributed by atoms with Crippen LogP contribution in [-0.2, 0) is 4.74 Å². The topological polar surface area (TPSA) is 24.5 Å². The summed E-state index contributed by atoms with van der Waals surface area (Å²) in [5, 5.41) is 3.59. The van der Waals surface area contributed by atoms with Gasteiger partial charge in [0.1, 0.15) is 0 Å². The van der Waals surface area contributed by atoms with Crippen molar-refractivity contribution < 1.29 is 4.74 Å². The molecular weight excluding hydrogens is 224 g/mol. The number of methoxy groups -OCH3 is 1. The second-order valence-electron chi connectivity index (χ2n) is 5.05. The molecule has 100 valence electrons. The van der Waals surface area contributed by atoms with Gasteiger partial charge in [0.25, 0.3) is 0 Å². The number of nitrogens with one attached hydrogen (secondary N) is 1. The van der Waals surface area contributed by atoms with Crippen LogP contribution in [-0.4, -0.2) is 38.9 Å². The van der Waals surface area contributed by atoms with E-state index in [2.05, 4.69) is 47.5 Å². The maximum Gasteiger partial charge on any atom is 0.0667 e. The number of anilines is 1. The van der Waals surface area contributed by atoms with Crippen molar-refractivity contribution in [3.8, 4) is 0 Å². The highest BCUT2D eigenvalue weighted by molar-refractivity contribution is 5.46. The van der Waals surface area contributed by atoms with Crippen molar-refractivity contribution in [3.05, 3.63) is 30.3 Å². The summed E-state index contributed by atoms with van der Waals surface area (Å²) in [7, 11) is 1.77. The first-order chi connectivity index (χ1) is 8.79. The highest BCUT2D eigenvalue weighted by Gasteiger charge is 2.19. The molecule has 0 amide bonds. The van der Waals surface area contributed by atoms with E-state index >= 15 is 0 Å². The lowest BCUT2D eigenvalue weighted by molar-refractivity contribution is 0.113. The Hall–Kier alpha value is -1.06. The molecule has 1 saturated heterocycles. The van der Waals surface area contributed by atoms with Crippen LogP contribution in [0, 0.1) is 0 Å². The van der Waals surface area contributed by atoms with E-state index < -0.39 is 0 Å². The Kier molecular flexibility index (Phi) is 5.02. The molecule has 3 heteroatoms. The predicted molar refractivity (Wildman–Crippen MR) is 76.2 cm³/mol. The standard InChI is InChI=1S/C15H24N2O/c1-13(18-2)12-16-14-8-10-17(11-9-14)15-6-4-3-5-7-15/h3-7,13-14,16H,8-12H2,1-2H3/t13-/m1/s1. The van der Waals surface area contributed by atoms with E-state index in [4.69, 9.17) is 4.74 Å². The van der Waals surface area contributed by atoms with E-state index in [1.165, 1.54) is 18.5 Å². The zero-order chi connectivity index (χ0) is 12.8. The average Bonchev–Trinajstić information content (AvgIpc) is 2.46. The number of benzene rings is 1. The molecular formula is C15H24N2O. The van der Waals surface area contributed by atoms with E-state index in [1.54, 1.807) is 7.11 Å². The van der Waals surface area contributed by atoms with Gasteiger partial charge >= 0.3 is 0 Å². The van der Waals surface area contributed by atoms with Gasteiger partial charge in [0.05, 0.1) is 6.10 Å². The normalized spacial score (nSPS) is 18.9. The summed E-state index contributed by atoms with van der Waals surface area (Å²) >= 11 is 0. The first-order valence-electron chi connectivity index (χ1n) is 6.86. The van der Waals surface area contributed by atoms with Crippen LogP contribution >= 0.6 is 0 Å². The second kappa shape index (κ2) is 6.76. The fraction of sp³-hybridized carbons (Fsp3) is 0.600. The number of para-hydroxylation sites is 1. The van der Waals surface area contributed by atoms with Gasteiger partial charge in [-0.3, -0.25) is 0 Å². The third-order valence-corrected chi connectivity index (χ3v) is 3.71. The van der Waals surface area contributed by atoms with Crippen molar-refractivity contribution in [2.75, 3.05) is 31.6 Å². The summed E-state index contributed by atoms with van der Waals surface area (Å²) in [6.45, 7) is 5.34. The van der Waals surface area contributed by atoms with Crippen molar-refractivity contribution in [1.29, 1.82) is 0 Å². The van der Waals surface area contributed by atoms with Crippen LogP contribution in [0.5, 0.6) is 0 Å². The molecule has 1 atom stereocenters. The van der Waals surface area contributed by atoms with Gasteiger partial charge in [0.2, 0.25) is 0 Å². The zero-order valence-electron chi connectivity index (χ0n) is 11.4. The number of rotatable bonds is 5. The van der Waals surface area contributed by atoms with Crippen molar-refractivity contribution in [2.45, 2.75) is 31.9 Å². The number of piperidine rings is 1. The van der Waals surface area contributed by atoms with Crippen LogP contribution in [0.3, 0.4) is 0 Å². The lowest BCUT2D eigenvalue weighted by Crippen LogP contribution is -2.44. The number of hydrogen-bond donors (Lipinski definition) is 1. The van der Waals surface area contributed by atoms with Crippen molar-refractivity contribution in [3.63, 3.8) is 0 Å². The average molecular weight is 248 g/mol. The molecule has 2 rings (SSSR count). The first-order valence-corrected chi connectivity index (χ1v) is 6.86. The summed E-state index contributed by atoms with van der Waals surface area (Å²) in [5.74, 6) is 0. The van der Waals surface area contributed by atoms with E-state index in [0.29, 0.717) is 12.1 Å². The van der Waals surface area contributed by atoms with Gasteiger partial charge in [-0.1, -0.05) is 18.2 Å². The molecule has 0 unspecified atom stereocenters. The molecule has 1 aliphatic heterocycles. The summed E-state index contributed by atoms with van der Waals surface area (Å²) in [5.41, 5.74) is 1.35. The fourth-order valence-electron chi connectivity index (χ4n) is 2.40. The van der Waals surface area contributed by atoms with E-state index in [0.717, 1.165) is 19.6 Å². The molecule has 0 aliphatic carbocycles. The third kappa shape index (κ3) is 3.72. The van der Waals surface area contributed by atoms with Crippen LogP contribution in [0.15, 0.2) is 30.3 Å². The van der Waals surface area contributed by atoms with Crippen LogP contribution in [0.2, 0.25) is 0 Å². The Morgan fingerprint density at radius 3 is 2.56 bits per heavy atom. The summed E-state index contributed by atoms with van der Waals surface area (Å²) in [4.78, 5) is 2.47. The molecule has 18 heavy (non-hydrogen) atoms. The van der Waals surface area contributed by atoms with Crippen LogP contribution in [0.25, 0.3) is 0 Å². The highest BCUT2D eigenvalue weighted by atomic mass is 16.5. The Bertz CT molecular complexity index is 334. The lowest BCUT2D eigenvalue weighted by atomic mass is 10.0. The number of ether oxygens (including phenoxy) is 1. The zero-order valence-corrected chi connectivity index (χ0v) is 11.4. The van der Waals surface area contributed by atoms with Gasteiger partial charge in [-0.2, -0.15) is 0 Å². The number of hydrogen-bond acceptors (Lipinski definition) is 3. The lowest BCUT2D eigenvalue weighted by Gasteiger charge is -2.34. The minimum Gasteiger partial charge on any atom is -0.380 e. The second-order valence-corrected chi connectivity index (χ2v) is 5.05. The van der Waals surface area contributed by atoms with Crippen molar-refractivity contribution in [2.24, 2.45) is 0 Å². The van der Waals surface area contributed by atoms with Gasteiger partial charge in [-0.15, -0.1) is 0 Å². The molecule has 1 fully saturated rings. The molecule has 1 heterocycles. The van der Waals surface area contributed by atoms with Gasteiger partial charge in [0, 0.05) is 38.5 Å². The molecule has 0 radical (unpaired) electrons. The fourth-order valence-corrected chi connectivity index (χ4v) is 2.40. The monoisotopic (exact) mass is 248 g/mol. The third-order valence-electron chi connectivity index (χ3n) is 3.71. The van der Waals surface area contributed by atoms with Crippen molar-refractivity contribution in [1.82, 2.24) is 5.32 Å². The summed E-state index contributed by atoms with van der Waals surface area (Å²) < 4.78 is 5.26. The summed E-state index contributed by atoms with van der Waals surface area (Å²) in [6.07, 6.45) is 2.73. The van der Waals surface area contributed by atoms with Gasteiger partial charge < -0.3 is 15.0 Å². The maximum absolute atomic E-state index is 5.26. The van der Waals surface area contributed by atoms with Gasteiger partial charge in [-0.25, -0.2) is 0 Å². The Labute approximate surface area is 110 Å². The minimum atomic E-state index is 0.303. The van der Waals surface area contributed by atoms with Gasteiger partial charge in [-0.05, 0) is 31.9 Å². The van der Waals surface area contributed by atoms with E-state index in [1.807, 2.05) is 0 Å². The quantitative estimate of drug-likeness (QED) is 0.865. The predicted octanol–water partition coefficient (Wildman–Crippen LogP) is 2.28. The minimum absolute atomic E-state index is 0.303. The molecule has 1 aromatic carbocycles. The molecule has 0 spiro atoms. The van der Waals surface area contributed by atoms with Crippen LogP contribution < -0.4 is 10.2 Å². The SMILES string of the molecule is CO[C@H](C)CNC1CCN(c2ccccc2)CC1. The van der Waals surface area contributed by atoms with Crippen molar-refractivity contribution >= 4 is 5.69 Å². The van der Waals surface area contributed by atoms with Gasteiger partial charge in [0.15, 0.2) is 0 Å². The molecule has 0 saturated carbocycles. The molecule has 1 aliphatic rings. The van der Waals surface area contributed by atoms with Crippen LogP contribution in [0.4, 0.5) is 5.69 Å². The molecule has 0 bridgehead atoms. The molecule has 1 N–H and O–H groups in total. The maximum atomic E-state index is 5.26. The van der Waals surface area contributed by atoms with Crippen LogP contribution in [0.1, 0.15) is 19.8 Å². The largest absolute Gasteiger partial charge is 0.380 e. The first kappa shape index (κ1) is 13.4. The Morgan fingerprint density at radius 1 is 1.28 bits per heavy atom. The summed E-state index contributed by atoms with van der Waals surface area (Å²) in [6, 6.07) is 11.3. The Balaban J connectivity index is 1.75. The van der Waals surface area contributed by atoms with E-state index in [9.17, 15) is 0 Å². The number of nitrogens with zero attached hydrogens (tertiary/aromatic N) is 1. The molecule has 0 aromatic heterocycles. The molecule has 1 aromatic rings. The smallest absolute Gasteiger partial charge is 0.0667 e.